The Morgan fingerprint density at radius 2 is 1.77 bits per heavy atom. The van der Waals surface area contributed by atoms with Gasteiger partial charge in [0.1, 0.15) is 0 Å². The van der Waals surface area contributed by atoms with E-state index in [1.807, 2.05) is 0 Å². The SMILES string of the molecule is O=C(c1ccc(C(F)(F)F)cc1)N1CCC(n2nccn2)C1. The number of likely N-dealkylation sites (tertiary alicyclic amines) is 1. The third-order valence-electron chi connectivity index (χ3n) is 3.67. The van der Waals surface area contributed by atoms with Crippen LogP contribution in [0.3, 0.4) is 0 Å². The lowest BCUT2D eigenvalue weighted by atomic mass is 10.1. The molecule has 8 heteroatoms. The molecule has 1 amide bonds. The highest BCUT2D eigenvalue weighted by molar-refractivity contribution is 5.94. The molecule has 2 aromatic rings. The van der Waals surface area contributed by atoms with E-state index in [2.05, 4.69) is 10.2 Å². The number of carbonyl (C=O) groups excluding carboxylic acids is 1. The first-order chi connectivity index (χ1) is 10.4. The molecule has 1 aromatic heterocycles. The van der Waals surface area contributed by atoms with Crippen LogP contribution in [0.15, 0.2) is 36.7 Å². The highest BCUT2D eigenvalue weighted by atomic mass is 19.4. The van der Waals surface area contributed by atoms with Crippen LogP contribution in [-0.2, 0) is 6.18 Å². The van der Waals surface area contributed by atoms with E-state index in [0.717, 1.165) is 18.6 Å². The molecule has 116 valence electrons. The Kier molecular flexibility index (Phi) is 3.59. The third-order valence-corrected chi connectivity index (χ3v) is 3.67. The maximum absolute atomic E-state index is 12.5. The minimum atomic E-state index is -4.40. The van der Waals surface area contributed by atoms with Crippen LogP contribution in [0, 0.1) is 0 Å². The molecule has 1 atom stereocenters. The number of halogens is 3. The zero-order chi connectivity index (χ0) is 15.7. The van der Waals surface area contributed by atoms with Crippen LogP contribution >= 0.6 is 0 Å². The molecule has 1 saturated heterocycles. The van der Waals surface area contributed by atoms with E-state index in [1.54, 1.807) is 22.1 Å². The molecule has 1 aliphatic heterocycles. The number of aromatic nitrogens is 3. The smallest absolute Gasteiger partial charge is 0.336 e. The van der Waals surface area contributed by atoms with E-state index in [9.17, 15) is 18.0 Å². The molecule has 1 aliphatic rings. The molecule has 1 aromatic carbocycles. The zero-order valence-corrected chi connectivity index (χ0v) is 11.5. The summed E-state index contributed by atoms with van der Waals surface area (Å²) in [7, 11) is 0. The van der Waals surface area contributed by atoms with Crippen LogP contribution in [0.25, 0.3) is 0 Å². The summed E-state index contributed by atoms with van der Waals surface area (Å²) in [4.78, 5) is 15.5. The predicted octanol–water partition coefficient (Wildman–Crippen LogP) is 2.38. The van der Waals surface area contributed by atoms with E-state index < -0.39 is 11.7 Å². The quantitative estimate of drug-likeness (QED) is 0.856. The molecule has 1 unspecified atom stereocenters. The Morgan fingerprint density at radius 1 is 1.14 bits per heavy atom. The summed E-state index contributed by atoms with van der Waals surface area (Å²) in [5.74, 6) is -0.275. The molecule has 0 spiro atoms. The van der Waals surface area contributed by atoms with Gasteiger partial charge in [0.05, 0.1) is 24.0 Å². The molecular weight excluding hydrogens is 297 g/mol. The average Bonchev–Trinajstić information content (AvgIpc) is 3.16. The monoisotopic (exact) mass is 310 g/mol. The van der Waals surface area contributed by atoms with Gasteiger partial charge in [-0.3, -0.25) is 4.79 Å². The molecule has 0 aliphatic carbocycles. The van der Waals surface area contributed by atoms with Crippen LogP contribution < -0.4 is 0 Å². The van der Waals surface area contributed by atoms with Crippen molar-refractivity contribution < 1.29 is 18.0 Å². The largest absolute Gasteiger partial charge is 0.416 e. The van der Waals surface area contributed by atoms with E-state index in [4.69, 9.17) is 0 Å². The normalized spacial score (nSPS) is 18.7. The molecule has 5 nitrogen and oxygen atoms in total. The lowest BCUT2D eigenvalue weighted by Gasteiger charge is -2.16. The fourth-order valence-corrected chi connectivity index (χ4v) is 2.51. The minimum absolute atomic E-state index is 0.00778. The number of alkyl halides is 3. The van der Waals surface area contributed by atoms with Crippen molar-refractivity contribution in [2.24, 2.45) is 0 Å². The first kappa shape index (κ1) is 14.6. The van der Waals surface area contributed by atoms with Crippen LogP contribution in [-0.4, -0.2) is 38.9 Å². The zero-order valence-electron chi connectivity index (χ0n) is 11.5. The van der Waals surface area contributed by atoms with Gasteiger partial charge >= 0.3 is 6.18 Å². The number of hydrogen-bond acceptors (Lipinski definition) is 3. The number of hydrogen-bond donors (Lipinski definition) is 0. The van der Waals surface area contributed by atoms with Gasteiger partial charge in [0.25, 0.3) is 5.91 Å². The molecular formula is C14H13F3N4O. The Bertz CT molecular complexity index is 652. The summed E-state index contributed by atoms with van der Waals surface area (Å²) in [6, 6.07) is 4.29. The van der Waals surface area contributed by atoms with Gasteiger partial charge < -0.3 is 4.90 Å². The second-order valence-corrected chi connectivity index (χ2v) is 5.12. The Labute approximate surface area is 124 Å². The van der Waals surface area contributed by atoms with Gasteiger partial charge in [-0.25, -0.2) is 0 Å². The van der Waals surface area contributed by atoms with Gasteiger partial charge in [-0.15, -0.1) is 0 Å². The number of nitrogens with zero attached hydrogens (tertiary/aromatic N) is 4. The Balaban J connectivity index is 1.70. The summed E-state index contributed by atoms with van der Waals surface area (Å²) in [5.41, 5.74) is -0.508. The molecule has 1 fully saturated rings. The summed E-state index contributed by atoms with van der Waals surface area (Å²) in [6.45, 7) is 0.987. The molecule has 0 saturated carbocycles. The molecule has 22 heavy (non-hydrogen) atoms. The summed E-state index contributed by atoms with van der Waals surface area (Å²) in [5, 5.41) is 8.09. The van der Waals surface area contributed by atoms with Crippen molar-refractivity contribution in [1.29, 1.82) is 0 Å². The molecule has 3 rings (SSSR count). The fraction of sp³-hybridized carbons (Fsp3) is 0.357. The van der Waals surface area contributed by atoms with Gasteiger partial charge in [0.15, 0.2) is 0 Å². The van der Waals surface area contributed by atoms with Crippen molar-refractivity contribution >= 4 is 5.91 Å². The van der Waals surface area contributed by atoms with Gasteiger partial charge in [0, 0.05) is 18.7 Å². The minimum Gasteiger partial charge on any atom is -0.336 e. The van der Waals surface area contributed by atoms with Crippen molar-refractivity contribution in [3.63, 3.8) is 0 Å². The molecule has 0 N–H and O–H groups in total. The van der Waals surface area contributed by atoms with Gasteiger partial charge in [0.2, 0.25) is 0 Å². The Morgan fingerprint density at radius 3 is 2.36 bits per heavy atom. The van der Waals surface area contributed by atoms with Crippen molar-refractivity contribution in [3.05, 3.63) is 47.8 Å². The van der Waals surface area contributed by atoms with Crippen molar-refractivity contribution in [1.82, 2.24) is 19.9 Å². The van der Waals surface area contributed by atoms with E-state index in [0.29, 0.717) is 13.1 Å². The summed E-state index contributed by atoms with van der Waals surface area (Å²) >= 11 is 0. The number of amides is 1. The second-order valence-electron chi connectivity index (χ2n) is 5.12. The van der Waals surface area contributed by atoms with Crippen molar-refractivity contribution in [2.75, 3.05) is 13.1 Å². The highest BCUT2D eigenvalue weighted by Crippen LogP contribution is 2.29. The first-order valence-electron chi connectivity index (χ1n) is 6.77. The van der Waals surface area contributed by atoms with Gasteiger partial charge in [-0.1, -0.05) is 0 Å². The number of benzene rings is 1. The Hall–Kier alpha value is -2.38. The topological polar surface area (TPSA) is 51.0 Å². The van der Waals surface area contributed by atoms with Crippen LogP contribution in [0.4, 0.5) is 13.2 Å². The summed E-state index contributed by atoms with van der Waals surface area (Å²) in [6.07, 6.45) is -0.534. The van der Waals surface area contributed by atoms with E-state index in [1.165, 1.54) is 12.1 Å². The molecule has 0 radical (unpaired) electrons. The van der Waals surface area contributed by atoms with Crippen molar-refractivity contribution in [2.45, 2.75) is 18.6 Å². The molecule has 0 bridgehead atoms. The lowest BCUT2D eigenvalue weighted by Crippen LogP contribution is -2.29. The highest BCUT2D eigenvalue weighted by Gasteiger charge is 2.32. The molecule has 2 heterocycles. The van der Waals surface area contributed by atoms with Crippen LogP contribution in [0.1, 0.15) is 28.4 Å². The average molecular weight is 310 g/mol. The van der Waals surface area contributed by atoms with Crippen LogP contribution in [0.2, 0.25) is 0 Å². The lowest BCUT2D eigenvalue weighted by molar-refractivity contribution is -0.137. The number of carbonyl (C=O) groups is 1. The van der Waals surface area contributed by atoms with Crippen LogP contribution in [0.5, 0.6) is 0 Å². The first-order valence-corrected chi connectivity index (χ1v) is 6.77. The summed E-state index contributed by atoms with van der Waals surface area (Å²) < 4.78 is 37.6. The maximum Gasteiger partial charge on any atom is 0.416 e. The second kappa shape index (κ2) is 5.43. The maximum atomic E-state index is 12.5. The fourth-order valence-electron chi connectivity index (χ4n) is 2.51. The van der Waals surface area contributed by atoms with Gasteiger partial charge in [-0.05, 0) is 30.7 Å². The predicted molar refractivity (Wildman–Crippen MR) is 71.0 cm³/mol. The third kappa shape index (κ3) is 2.81. The van der Waals surface area contributed by atoms with Crippen molar-refractivity contribution in [3.8, 4) is 0 Å². The van der Waals surface area contributed by atoms with E-state index in [-0.39, 0.29) is 17.5 Å². The number of rotatable bonds is 2. The van der Waals surface area contributed by atoms with E-state index >= 15 is 0 Å². The van der Waals surface area contributed by atoms with Gasteiger partial charge in [-0.2, -0.15) is 28.2 Å². The standard InChI is InChI=1S/C14H13F3N4O/c15-14(16,17)11-3-1-10(2-4-11)13(22)20-8-5-12(9-20)21-18-6-7-19-21/h1-4,6-7,12H,5,8-9H2.